The molecule has 3 rings (SSSR count). The first-order chi connectivity index (χ1) is 17.2. The van der Waals surface area contributed by atoms with Gasteiger partial charge in [0, 0.05) is 0 Å². The molecule has 0 saturated heterocycles. The summed E-state index contributed by atoms with van der Waals surface area (Å²) in [7, 11) is -3.70. The monoisotopic (exact) mass is 572 g/mol. The van der Waals surface area contributed by atoms with Gasteiger partial charge in [0.25, 0.3) is 0 Å². The third-order valence-corrected chi connectivity index (χ3v) is 9.47. The minimum absolute atomic E-state index is 0.139. The van der Waals surface area contributed by atoms with Crippen LogP contribution in [-0.2, 0) is 27.5 Å². The van der Waals surface area contributed by atoms with Crippen molar-refractivity contribution >= 4 is 40.6 Å². The second kappa shape index (κ2) is 12.8. The number of carbonyl (C=O) groups is 2. The molecule has 0 spiro atoms. The minimum atomic E-state index is -3.70. The van der Waals surface area contributed by atoms with Crippen molar-refractivity contribution in [3.8, 4) is 0 Å². The van der Waals surface area contributed by atoms with Crippen LogP contribution in [0.25, 0.3) is 0 Å². The van der Waals surface area contributed by atoms with Gasteiger partial charge in [-0.15, -0.1) is 0 Å². The molecular weight excluding hydrogens is 544 g/mol. The van der Waals surface area contributed by atoms with Crippen LogP contribution in [0.4, 0.5) is 9.18 Å². The van der Waals surface area contributed by atoms with Gasteiger partial charge in [-0.05, 0) is 5.56 Å². The fraction of sp³-hybridized carbons (Fsp3) is 0.259. The third kappa shape index (κ3) is 8.03. The van der Waals surface area contributed by atoms with Gasteiger partial charge in [-0.1, -0.05) is 30.3 Å². The maximum atomic E-state index is 14.1. The number of carboxylic acid groups (broad SMARTS) is 1. The molecule has 6 nitrogen and oxygen atoms in total. The van der Waals surface area contributed by atoms with Crippen molar-refractivity contribution in [1.29, 1.82) is 0 Å². The van der Waals surface area contributed by atoms with Gasteiger partial charge in [0.1, 0.15) is 0 Å². The van der Waals surface area contributed by atoms with Crippen LogP contribution >= 0.6 is 0 Å². The molecule has 3 aromatic rings. The Bertz CT molecular complexity index is 1300. The summed E-state index contributed by atoms with van der Waals surface area (Å²) in [5, 5.41) is 12.0. The van der Waals surface area contributed by atoms with Gasteiger partial charge in [0.15, 0.2) is 0 Å². The van der Waals surface area contributed by atoms with Crippen molar-refractivity contribution in [2.24, 2.45) is 0 Å². The van der Waals surface area contributed by atoms with Crippen LogP contribution in [-0.4, -0.2) is 52.2 Å². The predicted molar refractivity (Wildman–Crippen MR) is 138 cm³/mol. The number of benzene rings is 3. The molecule has 0 aliphatic heterocycles. The number of amides is 1. The van der Waals surface area contributed by atoms with E-state index in [2.05, 4.69) is 5.32 Å². The molecule has 0 fully saturated rings. The summed E-state index contributed by atoms with van der Waals surface area (Å²) in [6.07, 6.45) is 0.961. The van der Waals surface area contributed by atoms with Crippen molar-refractivity contribution in [3.63, 3.8) is 0 Å². The van der Waals surface area contributed by atoms with Crippen LogP contribution in [0.15, 0.2) is 77.7 Å². The fourth-order valence-electron chi connectivity index (χ4n) is 3.82. The molecule has 36 heavy (non-hydrogen) atoms. The van der Waals surface area contributed by atoms with Gasteiger partial charge in [-0.25, -0.2) is 0 Å². The Kier molecular flexibility index (Phi) is 9.85. The van der Waals surface area contributed by atoms with E-state index >= 15 is 0 Å². The third-order valence-electron chi connectivity index (χ3n) is 5.66. The van der Waals surface area contributed by atoms with Gasteiger partial charge in [-0.2, -0.15) is 0 Å². The average Bonchev–Trinajstić information content (AvgIpc) is 2.84. The predicted octanol–water partition coefficient (Wildman–Crippen LogP) is 3.70. The summed E-state index contributed by atoms with van der Waals surface area (Å²) in [6.45, 7) is 2.33. The molecule has 2 N–H and O–H groups in total. The van der Waals surface area contributed by atoms with E-state index < -0.39 is 37.5 Å². The van der Waals surface area contributed by atoms with E-state index in [1.165, 1.54) is 6.07 Å². The van der Waals surface area contributed by atoms with Gasteiger partial charge in [-0.3, -0.25) is 4.79 Å². The summed E-state index contributed by atoms with van der Waals surface area (Å²) in [5.41, 5.74) is 2.50. The first-order valence-electron chi connectivity index (χ1n) is 11.5. The number of carbonyl (C=O) groups excluding carboxylic acids is 1. The fourth-order valence-corrected chi connectivity index (χ4v) is 7.23. The molecule has 0 aromatic heterocycles. The number of halogens is 1. The number of hydrogen-bond acceptors (Lipinski definition) is 4. The molecule has 0 saturated carbocycles. The van der Waals surface area contributed by atoms with Crippen LogP contribution in [0.5, 0.6) is 0 Å². The van der Waals surface area contributed by atoms with Crippen LogP contribution in [0.3, 0.4) is 0 Å². The van der Waals surface area contributed by atoms with Crippen molar-refractivity contribution in [2.45, 2.75) is 37.0 Å². The second-order valence-electron chi connectivity index (χ2n) is 8.36. The van der Waals surface area contributed by atoms with Gasteiger partial charge < -0.3 is 5.11 Å². The standard InChI is InChI=1S/C27H28AsFNO5S/c1-2-30-27(33)28-24-16-20(12-15-25(24)29)9-8-19-10-13-23(14-11-19)36(34,35)18-22(17-26(31)32)21-6-4-3-5-7-21/h3-7,10-16,22H,2,8-9,17-18H2,1H3,(H,30,33)(H,31,32). The van der Waals surface area contributed by atoms with Gasteiger partial charge in [0.2, 0.25) is 0 Å². The van der Waals surface area contributed by atoms with E-state index in [-0.39, 0.29) is 27.6 Å². The Labute approximate surface area is 217 Å². The second-order valence-corrected chi connectivity index (χ2v) is 12.7. The van der Waals surface area contributed by atoms with Gasteiger partial charge >= 0.3 is 166 Å². The molecular formula is C27H28AsFNO5S. The Morgan fingerprint density at radius 2 is 1.61 bits per heavy atom. The van der Waals surface area contributed by atoms with E-state index in [1.807, 2.05) is 6.92 Å². The van der Waals surface area contributed by atoms with Crippen LogP contribution in [0.2, 0.25) is 0 Å². The van der Waals surface area contributed by atoms with Crippen LogP contribution < -0.4 is 9.67 Å². The number of hydrogen-bond donors (Lipinski definition) is 2. The Hall–Kier alpha value is -2.96. The molecule has 0 heterocycles. The molecule has 1 unspecified atom stereocenters. The maximum absolute atomic E-state index is 14.1. The summed E-state index contributed by atoms with van der Waals surface area (Å²) in [5.74, 6) is -2.37. The molecule has 1 amide bonds. The zero-order valence-corrected chi connectivity index (χ0v) is 22.5. The first-order valence-corrected chi connectivity index (χ1v) is 15.1. The Morgan fingerprint density at radius 3 is 2.25 bits per heavy atom. The Morgan fingerprint density at radius 1 is 0.972 bits per heavy atom. The molecule has 1 radical (unpaired) electrons. The van der Waals surface area contributed by atoms with E-state index in [9.17, 15) is 27.5 Å². The van der Waals surface area contributed by atoms with E-state index in [0.717, 1.165) is 11.1 Å². The van der Waals surface area contributed by atoms with E-state index in [1.54, 1.807) is 66.7 Å². The van der Waals surface area contributed by atoms with Crippen molar-refractivity contribution in [2.75, 3.05) is 12.3 Å². The van der Waals surface area contributed by atoms with Crippen LogP contribution in [0, 0.1) is 5.82 Å². The van der Waals surface area contributed by atoms with Crippen molar-refractivity contribution in [3.05, 3.63) is 95.3 Å². The molecule has 1 atom stereocenters. The number of sulfone groups is 1. The molecule has 189 valence electrons. The molecule has 0 bridgehead atoms. The van der Waals surface area contributed by atoms with Gasteiger partial charge in [0.05, 0.1) is 6.42 Å². The number of aliphatic carboxylic acids is 1. The molecule has 9 heteroatoms. The summed E-state index contributed by atoms with van der Waals surface area (Å²) in [4.78, 5) is 23.3. The van der Waals surface area contributed by atoms with Crippen molar-refractivity contribution < 1.29 is 27.5 Å². The number of rotatable bonds is 12. The molecule has 0 aliphatic rings. The number of carboxylic acids is 1. The summed E-state index contributed by atoms with van der Waals surface area (Å²) < 4.78 is 40.5. The summed E-state index contributed by atoms with van der Waals surface area (Å²) in [6, 6.07) is 20.2. The number of aryl methyl sites for hydroxylation is 2. The zero-order chi connectivity index (χ0) is 26.1. The SMILES string of the molecule is CCNC(=O)[As]c1cc(CCc2ccc(S(=O)(=O)CC(CC(=O)O)c3ccccc3)cc2)ccc1F. The van der Waals surface area contributed by atoms with E-state index in [0.29, 0.717) is 29.3 Å². The zero-order valence-electron chi connectivity index (χ0n) is 19.9. The normalized spacial score (nSPS) is 12.5. The summed E-state index contributed by atoms with van der Waals surface area (Å²) >= 11 is -0.962. The van der Waals surface area contributed by atoms with Crippen LogP contribution in [0.1, 0.15) is 36.0 Å². The quantitative estimate of drug-likeness (QED) is 0.323. The van der Waals surface area contributed by atoms with Crippen molar-refractivity contribution in [1.82, 2.24) is 5.32 Å². The Balaban J connectivity index is 1.67. The topological polar surface area (TPSA) is 101 Å². The molecule has 3 aromatic carbocycles. The first kappa shape index (κ1) is 27.6. The van der Waals surface area contributed by atoms with E-state index in [4.69, 9.17) is 0 Å². The molecule has 0 aliphatic carbocycles. The average molecular weight is 573 g/mol. The number of nitrogens with one attached hydrogen (secondary N) is 1.